The molecule has 0 aromatic heterocycles. The molecule has 2 aromatic carbocycles. The second-order valence-electron chi connectivity index (χ2n) is 7.59. The van der Waals surface area contributed by atoms with E-state index in [9.17, 15) is 18.0 Å². The van der Waals surface area contributed by atoms with Crippen LogP contribution < -0.4 is 10.2 Å². The summed E-state index contributed by atoms with van der Waals surface area (Å²) in [5.74, 6) is 0.0370. The number of rotatable bonds is 7. The normalized spacial score (nSPS) is 14.3. The standard InChI is InChI=1S/C23H29N3O4S2/c1-5-25(6-2)32(29,30)18-10-11-21-20(14-18)26(23(28)12-13-31-21)15-22(27)24-19-9-7-8-16(3)17(19)4/h7-11,14H,5-6,12-13,15H2,1-4H3,(H,24,27). The van der Waals surface area contributed by atoms with E-state index in [2.05, 4.69) is 5.32 Å². The number of carbonyl (C=O) groups is 2. The fourth-order valence-electron chi connectivity index (χ4n) is 3.61. The Balaban J connectivity index is 1.94. The van der Waals surface area contributed by atoms with Crippen molar-refractivity contribution in [3.8, 4) is 0 Å². The van der Waals surface area contributed by atoms with Gasteiger partial charge in [-0.25, -0.2) is 8.42 Å². The third-order valence-electron chi connectivity index (χ3n) is 5.62. The number of fused-ring (bicyclic) bond motifs is 1. The molecule has 0 fully saturated rings. The number of sulfonamides is 1. The zero-order valence-corrected chi connectivity index (χ0v) is 20.5. The zero-order valence-electron chi connectivity index (χ0n) is 18.8. The second kappa shape index (κ2) is 10.1. The first kappa shape index (κ1) is 24.3. The molecule has 0 saturated carbocycles. The summed E-state index contributed by atoms with van der Waals surface area (Å²) in [4.78, 5) is 28.0. The molecule has 9 heteroatoms. The maximum absolute atomic E-state index is 13.0. The quantitative estimate of drug-likeness (QED) is 0.658. The number of hydrogen-bond acceptors (Lipinski definition) is 5. The van der Waals surface area contributed by atoms with Crippen molar-refractivity contribution in [3.05, 3.63) is 47.5 Å². The largest absolute Gasteiger partial charge is 0.324 e. The van der Waals surface area contributed by atoms with Crippen molar-refractivity contribution in [1.29, 1.82) is 0 Å². The first-order chi connectivity index (χ1) is 15.2. The number of hydrogen-bond donors (Lipinski definition) is 1. The van der Waals surface area contributed by atoms with Crippen molar-refractivity contribution >= 4 is 45.0 Å². The lowest BCUT2D eigenvalue weighted by Gasteiger charge is -2.24. The van der Waals surface area contributed by atoms with Gasteiger partial charge in [-0.3, -0.25) is 9.59 Å². The highest BCUT2D eigenvalue weighted by atomic mass is 32.2. The fraction of sp³-hybridized carbons (Fsp3) is 0.391. The Bertz CT molecular complexity index is 1130. The molecule has 172 valence electrons. The van der Waals surface area contributed by atoms with Crippen molar-refractivity contribution in [2.24, 2.45) is 0 Å². The van der Waals surface area contributed by atoms with Gasteiger partial charge in [0.15, 0.2) is 0 Å². The predicted octanol–water partition coefficient (Wildman–Crippen LogP) is 3.80. The summed E-state index contributed by atoms with van der Waals surface area (Å²) in [6.45, 7) is 7.99. The van der Waals surface area contributed by atoms with Crippen LogP contribution in [0.15, 0.2) is 46.2 Å². The van der Waals surface area contributed by atoms with Crippen LogP contribution in [0.4, 0.5) is 11.4 Å². The van der Waals surface area contributed by atoms with E-state index in [-0.39, 0.29) is 29.7 Å². The van der Waals surface area contributed by atoms with Crippen LogP contribution >= 0.6 is 11.8 Å². The molecule has 0 aliphatic carbocycles. The average Bonchev–Trinajstić information content (AvgIpc) is 2.90. The maximum atomic E-state index is 13.0. The second-order valence-corrected chi connectivity index (χ2v) is 10.7. The summed E-state index contributed by atoms with van der Waals surface area (Å²) in [5, 5.41) is 2.89. The van der Waals surface area contributed by atoms with Gasteiger partial charge < -0.3 is 10.2 Å². The molecular weight excluding hydrogens is 446 g/mol. The smallest absolute Gasteiger partial charge is 0.244 e. The summed E-state index contributed by atoms with van der Waals surface area (Å²) in [5.41, 5.74) is 3.18. The van der Waals surface area contributed by atoms with Gasteiger partial charge in [-0.15, -0.1) is 11.8 Å². The summed E-state index contributed by atoms with van der Waals surface area (Å²) >= 11 is 1.49. The molecule has 3 rings (SSSR count). The lowest BCUT2D eigenvalue weighted by molar-refractivity contribution is -0.121. The Morgan fingerprint density at radius 2 is 1.88 bits per heavy atom. The van der Waals surface area contributed by atoms with E-state index in [1.54, 1.807) is 26.0 Å². The highest BCUT2D eigenvalue weighted by Crippen LogP contribution is 2.36. The Hall–Kier alpha value is -2.36. The molecule has 0 atom stereocenters. The van der Waals surface area contributed by atoms with Crippen molar-refractivity contribution in [3.63, 3.8) is 0 Å². The number of carbonyl (C=O) groups excluding carboxylic acids is 2. The molecule has 32 heavy (non-hydrogen) atoms. The Morgan fingerprint density at radius 3 is 2.56 bits per heavy atom. The SMILES string of the molecule is CCN(CC)S(=O)(=O)c1ccc2c(c1)N(CC(=O)Nc1cccc(C)c1C)C(=O)CCS2. The van der Waals surface area contributed by atoms with E-state index in [4.69, 9.17) is 0 Å². The maximum Gasteiger partial charge on any atom is 0.244 e. The molecule has 0 spiro atoms. The van der Waals surface area contributed by atoms with Crippen molar-refractivity contribution in [2.75, 3.05) is 35.6 Å². The van der Waals surface area contributed by atoms with Gasteiger partial charge in [0.25, 0.3) is 0 Å². The Kier molecular flexibility index (Phi) is 7.63. The van der Waals surface area contributed by atoms with Crippen molar-refractivity contribution in [2.45, 2.75) is 43.9 Å². The molecular formula is C23H29N3O4S2. The number of amides is 2. The molecule has 1 heterocycles. The fourth-order valence-corrected chi connectivity index (χ4v) is 6.07. The minimum absolute atomic E-state index is 0.121. The number of nitrogens with one attached hydrogen (secondary N) is 1. The van der Waals surface area contributed by atoms with E-state index < -0.39 is 10.0 Å². The highest BCUT2D eigenvalue weighted by molar-refractivity contribution is 7.99. The minimum Gasteiger partial charge on any atom is -0.324 e. The molecule has 2 amide bonds. The van der Waals surface area contributed by atoms with Gasteiger partial charge in [-0.2, -0.15) is 4.31 Å². The van der Waals surface area contributed by atoms with Gasteiger partial charge in [0.05, 0.1) is 10.6 Å². The molecule has 1 aliphatic heterocycles. The lowest BCUT2D eigenvalue weighted by atomic mass is 10.1. The van der Waals surface area contributed by atoms with Crippen molar-refractivity contribution in [1.82, 2.24) is 4.31 Å². The molecule has 0 saturated heterocycles. The first-order valence-electron chi connectivity index (χ1n) is 10.6. The average molecular weight is 476 g/mol. The van der Waals surface area contributed by atoms with E-state index >= 15 is 0 Å². The number of benzene rings is 2. The molecule has 0 bridgehead atoms. The van der Waals surface area contributed by atoms with Crippen LogP contribution in [0.25, 0.3) is 0 Å². The predicted molar refractivity (Wildman–Crippen MR) is 129 cm³/mol. The van der Waals surface area contributed by atoms with Crippen LogP contribution in [0.1, 0.15) is 31.4 Å². The number of anilines is 2. The number of thioether (sulfide) groups is 1. The molecule has 1 aliphatic rings. The van der Waals surface area contributed by atoms with Gasteiger partial charge in [-0.05, 0) is 49.2 Å². The zero-order chi connectivity index (χ0) is 23.5. The van der Waals surface area contributed by atoms with Gasteiger partial charge in [0.2, 0.25) is 21.8 Å². The molecule has 0 radical (unpaired) electrons. The third-order valence-corrected chi connectivity index (χ3v) is 8.73. The highest BCUT2D eigenvalue weighted by Gasteiger charge is 2.28. The Morgan fingerprint density at radius 1 is 1.16 bits per heavy atom. The summed E-state index contributed by atoms with van der Waals surface area (Å²) < 4.78 is 27.4. The van der Waals surface area contributed by atoms with Gasteiger partial charge in [0, 0.05) is 35.8 Å². The van der Waals surface area contributed by atoms with Gasteiger partial charge in [-0.1, -0.05) is 26.0 Å². The van der Waals surface area contributed by atoms with Crippen LogP contribution in [0.2, 0.25) is 0 Å². The van der Waals surface area contributed by atoms with Crippen LogP contribution in [0, 0.1) is 13.8 Å². The van der Waals surface area contributed by atoms with E-state index in [1.807, 2.05) is 32.0 Å². The summed E-state index contributed by atoms with van der Waals surface area (Å²) in [6.07, 6.45) is 0.272. The topological polar surface area (TPSA) is 86.8 Å². The van der Waals surface area contributed by atoms with E-state index in [1.165, 1.54) is 27.0 Å². The minimum atomic E-state index is -3.69. The molecule has 0 unspecified atom stereocenters. The van der Waals surface area contributed by atoms with E-state index in [0.717, 1.165) is 16.0 Å². The van der Waals surface area contributed by atoms with Crippen LogP contribution in [-0.4, -0.2) is 49.9 Å². The summed E-state index contributed by atoms with van der Waals surface area (Å²) in [6, 6.07) is 10.5. The number of nitrogens with zero attached hydrogens (tertiary/aromatic N) is 2. The number of aryl methyl sites for hydroxylation is 1. The molecule has 2 aromatic rings. The van der Waals surface area contributed by atoms with Crippen LogP contribution in [0.5, 0.6) is 0 Å². The van der Waals surface area contributed by atoms with E-state index in [0.29, 0.717) is 30.2 Å². The molecule has 1 N–H and O–H groups in total. The summed E-state index contributed by atoms with van der Waals surface area (Å²) in [7, 11) is -3.69. The molecule has 7 nitrogen and oxygen atoms in total. The van der Waals surface area contributed by atoms with Crippen molar-refractivity contribution < 1.29 is 18.0 Å². The van der Waals surface area contributed by atoms with Crippen LogP contribution in [-0.2, 0) is 19.6 Å². The first-order valence-corrected chi connectivity index (χ1v) is 13.0. The van der Waals surface area contributed by atoms with Gasteiger partial charge >= 0.3 is 0 Å². The Labute approximate surface area is 194 Å². The monoisotopic (exact) mass is 475 g/mol. The van der Waals surface area contributed by atoms with Gasteiger partial charge in [0.1, 0.15) is 6.54 Å². The van der Waals surface area contributed by atoms with Crippen LogP contribution in [0.3, 0.4) is 0 Å². The third kappa shape index (κ3) is 5.00. The lowest BCUT2D eigenvalue weighted by Crippen LogP contribution is -2.38.